The largest absolute Gasteiger partial charge is 0.395 e. The summed E-state index contributed by atoms with van der Waals surface area (Å²) in [7, 11) is 2.06. The fourth-order valence-corrected chi connectivity index (χ4v) is 1.72. The van der Waals surface area contributed by atoms with Crippen LogP contribution in [0.15, 0.2) is 0 Å². The van der Waals surface area contributed by atoms with Gasteiger partial charge < -0.3 is 10.8 Å². The maximum Gasteiger partial charge on any atom is 0.0601 e. The van der Waals surface area contributed by atoms with Gasteiger partial charge in [-0.05, 0) is 32.2 Å². The molecule has 3 nitrogen and oxygen atoms in total. The van der Waals surface area contributed by atoms with Crippen LogP contribution in [0.4, 0.5) is 0 Å². The number of aliphatic hydroxyl groups excluding tert-OH is 1. The van der Waals surface area contributed by atoms with Gasteiger partial charge in [0, 0.05) is 18.6 Å². The Labute approximate surface area is 80.9 Å². The van der Waals surface area contributed by atoms with Crippen molar-refractivity contribution < 1.29 is 5.11 Å². The van der Waals surface area contributed by atoms with Crippen LogP contribution in [0.3, 0.4) is 0 Å². The number of likely N-dealkylation sites (N-methyl/N-ethyl adjacent to an activating group) is 1. The molecule has 0 radical (unpaired) electrons. The van der Waals surface area contributed by atoms with E-state index in [9.17, 15) is 5.11 Å². The van der Waals surface area contributed by atoms with Gasteiger partial charge in [0.25, 0.3) is 0 Å². The zero-order valence-electron chi connectivity index (χ0n) is 8.74. The lowest BCUT2D eigenvalue weighted by Crippen LogP contribution is -2.48. The van der Waals surface area contributed by atoms with Gasteiger partial charge in [0.15, 0.2) is 0 Å². The summed E-state index contributed by atoms with van der Waals surface area (Å²) >= 11 is 0. The number of rotatable bonds is 6. The van der Waals surface area contributed by atoms with E-state index in [1.807, 2.05) is 0 Å². The van der Waals surface area contributed by atoms with E-state index in [1.165, 1.54) is 12.8 Å². The molecule has 78 valence electrons. The van der Waals surface area contributed by atoms with Crippen molar-refractivity contribution in [1.29, 1.82) is 0 Å². The Bertz CT molecular complexity index is 148. The van der Waals surface area contributed by atoms with Crippen LogP contribution in [0, 0.1) is 5.92 Å². The van der Waals surface area contributed by atoms with Gasteiger partial charge in [-0.1, -0.05) is 6.92 Å². The summed E-state index contributed by atoms with van der Waals surface area (Å²) in [6.07, 6.45) is 3.63. The van der Waals surface area contributed by atoms with Crippen molar-refractivity contribution in [3.8, 4) is 0 Å². The maximum absolute atomic E-state index is 9.21. The van der Waals surface area contributed by atoms with Crippen LogP contribution in [-0.2, 0) is 0 Å². The molecule has 0 amide bonds. The van der Waals surface area contributed by atoms with E-state index in [2.05, 4.69) is 18.9 Å². The highest BCUT2D eigenvalue weighted by Gasteiger charge is 2.27. The molecule has 1 aliphatic carbocycles. The molecule has 1 aliphatic rings. The summed E-state index contributed by atoms with van der Waals surface area (Å²) < 4.78 is 0. The predicted molar refractivity (Wildman–Crippen MR) is 54.5 cm³/mol. The van der Waals surface area contributed by atoms with Crippen molar-refractivity contribution in [1.82, 2.24) is 4.90 Å². The van der Waals surface area contributed by atoms with Gasteiger partial charge in [-0.2, -0.15) is 0 Å². The van der Waals surface area contributed by atoms with Crippen molar-refractivity contribution in [2.75, 3.05) is 20.2 Å². The minimum Gasteiger partial charge on any atom is -0.395 e. The highest BCUT2D eigenvalue weighted by Crippen LogP contribution is 2.29. The van der Waals surface area contributed by atoms with Crippen LogP contribution < -0.4 is 5.73 Å². The normalized spacial score (nSPS) is 21.9. The Morgan fingerprint density at radius 3 is 2.54 bits per heavy atom. The quantitative estimate of drug-likeness (QED) is 0.632. The van der Waals surface area contributed by atoms with E-state index in [0.29, 0.717) is 0 Å². The molecule has 1 saturated carbocycles. The monoisotopic (exact) mass is 186 g/mol. The Morgan fingerprint density at radius 1 is 1.54 bits per heavy atom. The molecule has 1 fully saturated rings. The summed E-state index contributed by atoms with van der Waals surface area (Å²) in [5, 5.41) is 9.21. The maximum atomic E-state index is 9.21. The lowest BCUT2D eigenvalue weighted by Gasteiger charge is -2.30. The number of nitrogens with zero attached hydrogens (tertiary/aromatic N) is 1. The van der Waals surface area contributed by atoms with Crippen molar-refractivity contribution in [3.05, 3.63) is 0 Å². The molecule has 0 bridgehead atoms. The second-order valence-corrected chi connectivity index (χ2v) is 4.20. The van der Waals surface area contributed by atoms with E-state index in [1.54, 1.807) is 0 Å². The Balaban J connectivity index is 2.33. The number of aliphatic hydroxyl groups is 1. The van der Waals surface area contributed by atoms with Crippen LogP contribution in [0.1, 0.15) is 26.2 Å². The van der Waals surface area contributed by atoms with Crippen molar-refractivity contribution in [2.45, 2.75) is 38.3 Å². The van der Waals surface area contributed by atoms with Crippen LogP contribution >= 0.6 is 0 Å². The molecule has 0 heterocycles. The van der Waals surface area contributed by atoms with Crippen molar-refractivity contribution in [3.63, 3.8) is 0 Å². The van der Waals surface area contributed by atoms with Crippen molar-refractivity contribution in [2.24, 2.45) is 11.7 Å². The van der Waals surface area contributed by atoms with Gasteiger partial charge >= 0.3 is 0 Å². The molecule has 0 aliphatic heterocycles. The Kier molecular flexibility index (Phi) is 4.16. The van der Waals surface area contributed by atoms with Gasteiger partial charge in [-0.25, -0.2) is 0 Å². The lowest BCUT2D eigenvalue weighted by molar-refractivity contribution is 0.121. The highest BCUT2D eigenvalue weighted by molar-refractivity contribution is 4.83. The van der Waals surface area contributed by atoms with E-state index in [4.69, 9.17) is 5.73 Å². The average Bonchev–Trinajstić information content (AvgIpc) is 2.89. The number of hydrogen-bond acceptors (Lipinski definition) is 3. The summed E-state index contributed by atoms with van der Waals surface area (Å²) in [5.74, 6) is 0.864. The molecule has 0 aromatic rings. The van der Waals surface area contributed by atoms with E-state index in [-0.39, 0.29) is 18.7 Å². The first kappa shape index (κ1) is 11.0. The van der Waals surface area contributed by atoms with Gasteiger partial charge in [0.05, 0.1) is 6.61 Å². The second-order valence-electron chi connectivity index (χ2n) is 4.20. The summed E-state index contributed by atoms with van der Waals surface area (Å²) in [6, 6.07) is 0.249. The third-order valence-corrected chi connectivity index (χ3v) is 2.96. The molecule has 3 heteroatoms. The number of hydrogen-bond donors (Lipinski definition) is 2. The van der Waals surface area contributed by atoms with E-state index >= 15 is 0 Å². The molecule has 1 rings (SSSR count). The molecule has 2 atom stereocenters. The minimum atomic E-state index is 0.105. The minimum absolute atomic E-state index is 0.105. The van der Waals surface area contributed by atoms with Crippen molar-refractivity contribution >= 4 is 0 Å². The van der Waals surface area contributed by atoms with Crippen LogP contribution in [0.2, 0.25) is 0 Å². The van der Waals surface area contributed by atoms with E-state index < -0.39 is 0 Å². The zero-order valence-corrected chi connectivity index (χ0v) is 8.74. The molecule has 2 unspecified atom stereocenters. The average molecular weight is 186 g/mol. The third-order valence-electron chi connectivity index (χ3n) is 2.96. The molecule has 0 aromatic heterocycles. The van der Waals surface area contributed by atoms with Gasteiger partial charge in [0.1, 0.15) is 0 Å². The fraction of sp³-hybridized carbons (Fsp3) is 1.00. The molecule has 0 spiro atoms. The molecular weight excluding hydrogens is 164 g/mol. The first-order valence-electron chi connectivity index (χ1n) is 5.25. The molecule has 3 N–H and O–H groups in total. The first-order valence-corrected chi connectivity index (χ1v) is 5.25. The molecular formula is C10H22N2O. The Morgan fingerprint density at radius 2 is 2.15 bits per heavy atom. The Hall–Kier alpha value is -0.120. The summed E-state index contributed by atoms with van der Waals surface area (Å²) in [5.41, 5.74) is 5.92. The molecule has 0 saturated heterocycles. The molecule has 0 aromatic carbocycles. The number of nitrogens with two attached hydrogens (primary N) is 1. The standard InChI is InChI=1S/C10H22N2O/c1-3-9(11)10(7-13)12(2)6-8-4-5-8/h8-10,13H,3-7,11H2,1-2H3. The molecule has 13 heavy (non-hydrogen) atoms. The lowest BCUT2D eigenvalue weighted by atomic mass is 10.1. The fourth-order valence-electron chi connectivity index (χ4n) is 1.72. The van der Waals surface area contributed by atoms with E-state index in [0.717, 1.165) is 18.9 Å². The summed E-state index contributed by atoms with van der Waals surface area (Å²) in [4.78, 5) is 2.21. The van der Waals surface area contributed by atoms with Gasteiger partial charge in [-0.15, -0.1) is 0 Å². The predicted octanol–water partition coefficient (Wildman–Crippen LogP) is 0.426. The zero-order chi connectivity index (χ0) is 9.84. The van der Waals surface area contributed by atoms with Gasteiger partial charge in [0.2, 0.25) is 0 Å². The van der Waals surface area contributed by atoms with Gasteiger partial charge in [-0.3, -0.25) is 4.90 Å². The van der Waals surface area contributed by atoms with Crippen LogP contribution in [0.5, 0.6) is 0 Å². The highest BCUT2D eigenvalue weighted by atomic mass is 16.3. The topological polar surface area (TPSA) is 49.5 Å². The SMILES string of the molecule is CCC(N)C(CO)N(C)CC1CC1. The summed E-state index contributed by atoms with van der Waals surface area (Å²) in [6.45, 7) is 3.34. The van der Waals surface area contributed by atoms with Crippen LogP contribution in [-0.4, -0.2) is 42.3 Å². The third kappa shape index (κ3) is 3.25. The first-order chi connectivity index (χ1) is 6.19. The smallest absolute Gasteiger partial charge is 0.0601 e. The second kappa shape index (κ2) is 4.94. The van der Waals surface area contributed by atoms with Crippen LogP contribution in [0.25, 0.3) is 0 Å².